The first kappa shape index (κ1) is 14.8. The number of hydrogen-bond donors (Lipinski definition) is 1. The molecule has 1 aromatic carbocycles. The van der Waals surface area contributed by atoms with Gasteiger partial charge in [-0.1, -0.05) is 37.3 Å². The zero-order chi connectivity index (χ0) is 14.2. The number of nitrogens with zero attached hydrogens (tertiary/aromatic N) is 2. The summed E-state index contributed by atoms with van der Waals surface area (Å²) in [6, 6.07) is 10.8. The molecule has 0 aliphatic heterocycles. The largest absolute Gasteiger partial charge is 0.335 e. The minimum atomic E-state index is 0.554. The van der Waals surface area contributed by atoms with E-state index in [4.69, 9.17) is 0 Å². The van der Waals surface area contributed by atoms with E-state index >= 15 is 0 Å². The molecular formula is C17H25N3. The molecule has 3 nitrogen and oxygen atoms in total. The smallest absolute Gasteiger partial charge is 0.108 e. The highest BCUT2D eigenvalue weighted by Gasteiger charge is 2.12. The van der Waals surface area contributed by atoms with E-state index in [0.29, 0.717) is 5.92 Å². The maximum absolute atomic E-state index is 4.48. The molecule has 2 rings (SSSR count). The van der Waals surface area contributed by atoms with Crippen LogP contribution < -0.4 is 5.32 Å². The average molecular weight is 271 g/mol. The summed E-state index contributed by atoms with van der Waals surface area (Å²) in [6.07, 6.45) is 6.14. The molecule has 2 aromatic rings. The van der Waals surface area contributed by atoms with Crippen molar-refractivity contribution in [1.29, 1.82) is 0 Å². The van der Waals surface area contributed by atoms with Crippen molar-refractivity contribution in [2.45, 2.75) is 39.2 Å². The highest BCUT2D eigenvalue weighted by Crippen LogP contribution is 2.20. The number of likely N-dealkylation sites (N-methyl/N-ethyl adjacent to an activating group) is 1. The van der Waals surface area contributed by atoms with Crippen LogP contribution in [0, 0.1) is 0 Å². The standard InChI is InChI=1S/C17H25N3/c1-3-18-14-16(15-8-6-5-7-9-15)10-11-17-19-12-13-20(17)4-2/h5-9,12-13,16,18H,3-4,10-11,14H2,1-2H3. The molecule has 0 aliphatic rings. The Kier molecular flexibility index (Phi) is 5.81. The molecule has 3 heteroatoms. The Labute approximate surface area is 122 Å². The summed E-state index contributed by atoms with van der Waals surface area (Å²) >= 11 is 0. The molecule has 0 fully saturated rings. The molecule has 0 radical (unpaired) electrons. The topological polar surface area (TPSA) is 29.9 Å². The first-order chi connectivity index (χ1) is 9.85. The van der Waals surface area contributed by atoms with Gasteiger partial charge in [0, 0.05) is 31.9 Å². The number of nitrogens with one attached hydrogen (secondary N) is 1. The average Bonchev–Trinajstić information content (AvgIpc) is 2.96. The number of rotatable bonds is 8. The van der Waals surface area contributed by atoms with Gasteiger partial charge < -0.3 is 9.88 Å². The minimum Gasteiger partial charge on any atom is -0.335 e. The van der Waals surface area contributed by atoms with Gasteiger partial charge in [0.1, 0.15) is 5.82 Å². The van der Waals surface area contributed by atoms with Crippen LogP contribution in [-0.2, 0) is 13.0 Å². The lowest BCUT2D eigenvalue weighted by molar-refractivity contribution is 0.545. The van der Waals surface area contributed by atoms with E-state index in [2.05, 4.69) is 65.2 Å². The Balaban J connectivity index is 2.01. The molecule has 0 spiro atoms. The highest BCUT2D eigenvalue weighted by atomic mass is 15.0. The van der Waals surface area contributed by atoms with Crippen molar-refractivity contribution in [2.75, 3.05) is 13.1 Å². The van der Waals surface area contributed by atoms with E-state index in [0.717, 1.165) is 32.5 Å². The summed E-state index contributed by atoms with van der Waals surface area (Å²) in [5.41, 5.74) is 1.42. The zero-order valence-corrected chi connectivity index (χ0v) is 12.5. The number of aryl methyl sites for hydroxylation is 2. The SMILES string of the molecule is CCNCC(CCc1nccn1CC)c1ccccc1. The van der Waals surface area contributed by atoms with E-state index in [9.17, 15) is 0 Å². The second-order valence-corrected chi connectivity index (χ2v) is 5.08. The van der Waals surface area contributed by atoms with Crippen LogP contribution in [-0.4, -0.2) is 22.6 Å². The van der Waals surface area contributed by atoms with Crippen molar-refractivity contribution in [2.24, 2.45) is 0 Å². The van der Waals surface area contributed by atoms with E-state index in [1.165, 1.54) is 11.4 Å². The van der Waals surface area contributed by atoms with Gasteiger partial charge in [-0.2, -0.15) is 0 Å². The third-order valence-corrected chi connectivity index (χ3v) is 3.77. The molecule has 20 heavy (non-hydrogen) atoms. The van der Waals surface area contributed by atoms with Gasteiger partial charge in [0.15, 0.2) is 0 Å². The Bertz CT molecular complexity index is 490. The predicted octanol–water partition coefficient (Wildman–Crippen LogP) is 3.23. The molecule has 0 bridgehead atoms. The van der Waals surface area contributed by atoms with Gasteiger partial charge >= 0.3 is 0 Å². The number of imidazole rings is 1. The lowest BCUT2D eigenvalue weighted by atomic mass is 9.94. The van der Waals surface area contributed by atoms with Crippen LogP contribution in [0.15, 0.2) is 42.7 Å². The van der Waals surface area contributed by atoms with Crippen molar-refractivity contribution in [3.8, 4) is 0 Å². The summed E-state index contributed by atoms with van der Waals surface area (Å²) < 4.78 is 2.23. The van der Waals surface area contributed by atoms with E-state index in [-0.39, 0.29) is 0 Å². The maximum atomic E-state index is 4.48. The summed E-state index contributed by atoms with van der Waals surface area (Å²) in [6.45, 7) is 7.38. The van der Waals surface area contributed by atoms with Crippen LogP contribution in [0.5, 0.6) is 0 Å². The molecule has 1 unspecified atom stereocenters. The van der Waals surface area contributed by atoms with Gasteiger partial charge in [-0.05, 0) is 31.4 Å². The molecule has 1 atom stereocenters. The molecule has 1 N–H and O–H groups in total. The van der Waals surface area contributed by atoms with Crippen molar-refractivity contribution in [1.82, 2.24) is 14.9 Å². The molecule has 0 saturated heterocycles. The van der Waals surface area contributed by atoms with Gasteiger partial charge in [-0.15, -0.1) is 0 Å². The second kappa shape index (κ2) is 7.85. The molecule has 0 saturated carbocycles. The maximum Gasteiger partial charge on any atom is 0.108 e. The Morgan fingerprint density at radius 2 is 2.00 bits per heavy atom. The van der Waals surface area contributed by atoms with Crippen LogP contribution >= 0.6 is 0 Å². The van der Waals surface area contributed by atoms with Crippen molar-refractivity contribution in [3.05, 3.63) is 54.1 Å². The van der Waals surface area contributed by atoms with Gasteiger partial charge in [0.2, 0.25) is 0 Å². The molecule has 108 valence electrons. The molecule has 1 aromatic heterocycles. The van der Waals surface area contributed by atoms with Gasteiger partial charge in [-0.3, -0.25) is 0 Å². The predicted molar refractivity (Wildman–Crippen MR) is 83.9 cm³/mol. The molecular weight excluding hydrogens is 246 g/mol. The molecule has 0 aliphatic carbocycles. The van der Waals surface area contributed by atoms with Gasteiger partial charge in [0.05, 0.1) is 0 Å². The van der Waals surface area contributed by atoms with Crippen molar-refractivity contribution in [3.63, 3.8) is 0 Å². The van der Waals surface area contributed by atoms with Crippen LogP contribution in [0.2, 0.25) is 0 Å². The van der Waals surface area contributed by atoms with Gasteiger partial charge in [0.25, 0.3) is 0 Å². The second-order valence-electron chi connectivity index (χ2n) is 5.08. The quantitative estimate of drug-likeness (QED) is 0.799. The fourth-order valence-electron chi connectivity index (χ4n) is 2.59. The molecule has 0 amide bonds. The summed E-state index contributed by atoms with van der Waals surface area (Å²) in [4.78, 5) is 4.48. The number of hydrogen-bond acceptors (Lipinski definition) is 2. The normalized spacial score (nSPS) is 12.5. The molecule has 1 heterocycles. The van der Waals surface area contributed by atoms with Crippen LogP contribution in [0.4, 0.5) is 0 Å². The Morgan fingerprint density at radius 3 is 2.70 bits per heavy atom. The van der Waals surface area contributed by atoms with Gasteiger partial charge in [-0.25, -0.2) is 4.98 Å². The lowest BCUT2D eigenvalue weighted by Gasteiger charge is -2.18. The monoisotopic (exact) mass is 271 g/mol. The summed E-state index contributed by atoms with van der Waals surface area (Å²) in [7, 11) is 0. The first-order valence-electron chi connectivity index (χ1n) is 7.60. The minimum absolute atomic E-state index is 0.554. The van der Waals surface area contributed by atoms with Crippen LogP contribution in [0.3, 0.4) is 0 Å². The van der Waals surface area contributed by atoms with Crippen LogP contribution in [0.1, 0.15) is 37.6 Å². The third-order valence-electron chi connectivity index (χ3n) is 3.77. The third kappa shape index (κ3) is 3.94. The highest BCUT2D eigenvalue weighted by molar-refractivity contribution is 5.20. The Morgan fingerprint density at radius 1 is 1.20 bits per heavy atom. The van der Waals surface area contributed by atoms with Crippen molar-refractivity contribution < 1.29 is 0 Å². The number of aromatic nitrogens is 2. The Hall–Kier alpha value is -1.61. The van der Waals surface area contributed by atoms with Crippen molar-refractivity contribution >= 4 is 0 Å². The van der Waals surface area contributed by atoms with Crippen LogP contribution in [0.25, 0.3) is 0 Å². The fraction of sp³-hybridized carbons (Fsp3) is 0.471. The van der Waals surface area contributed by atoms with E-state index < -0.39 is 0 Å². The number of benzene rings is 1. The summed E-state index contributed by atoms with van der Waals surface area (Å²) in [5, 5.41) is 3.48. The van der Waals surface area contributed by atoms with E-state index in [1.54, 1.807) is 0 Å². The van der Waals surface area contributed by atoms with E-state index in [1.807, 2.05) is 6.20 Å². The fourth-order valence-corrected chi connectivity index (χ4v) is 2.59. The lowest BCUT2D eigenvalue weighted by Crippen LogP contribution is -2.22. The zero-order valence-electron chi connectivity index (χ0n) is 12.5. The summed E-state index contributed by atoms with van der Waals surface area (Å²) in [5.74, 6) is 1.75. The first-order valence-corrected chi connectivity index (χ1v) is 7.60.